The van der Waals surface area contributed by atoms with E-state index in [1.807, 2.05) is 21.3 Å². The lowest BCUT2D eigenvalue weighted by Crippen LogP contribution is -2.46. The minimum Gasteiger partial charge on any atom is -0.355 e. The van der Waals surface area contributed by atoms with Crippen molar-refractivity contribution in [1.82, 2.24) is 34.3 Å². The molecule has 0 N–H and O–H groups in total. The van der Waals surface area contributed by atoms with Crippen LogP contribution in [-0.4, -0.2) is 60.4 Å². The Labute approximate surface area is 134 Å². The average molecular weight is 312 g/mol. The summed E-state index contributed by atoms with van der Waals surface area (Å²) in [5, 5.41) is 12.5. The molecule has 120 valence electrons. The molecule has 0 aliphatic carbocycles. The predicted molar refractivity (Wildman–Crippen MR) is 86.2 cm³/mol. The Morgan fingerprint density at radius 1 is 1.13 bits per heavy atom. The van der Waals surface area contributed by atoms with Crippen molar-refractivity contribution in [1.29, 1.82) is 0 Å². The maximum absolute atomic E-state index is 4.57. The van der Waals surface area contributed by atoms with Gasteiger partial charge in [0.15, 0.2) is 0 Å². The lowest BCUT2D eigenvalue weighted by atomic mass is 10.3. The summed E-state index contributed by atoms with van der Waals surface area (Å²) < 4.78 is 3.92. The van der Waals surface area contributed by atoms with Gasteiger partial charge in [0.1, 0.15) is 12.1 Å². The molecule has 0 saturated carbocycles. The third-order valence-electron chi connectivity index (χ3n) is 4.29. The fraction of sp³-hybridized carbons (Fsp3) is 0.467. The van der Waals surface area contributed by atoms with Crippen molar-refractivity contribution < 1.29 is 0 Å². The van der Waals surface area contributed by atoms with Gasteiger partial charge in [-0.15, -0.1) is 10.2 Å². The number of aromatic nitrogens is 6. The average Bonchev–Trinajstić information content (AvgIpc) is 3.24. The lowest BCUT2D eigenvalue weighted by Gasteiger charge is -2.35. The second-order valence-corrected chi connectivity index (χ2v) is 5.73. The highest BCUT2D eigenvalue weighted by Crippen LogP contribution is 2.17. The van der Waals surface area contributed by atoms with Crippen molar-refractivity contribution in [3.8, 4) is 0 Å². The minimum absolute atomic E-state index is 0.648. The molecular formula is C15H20N8. The third kappa shape index (κ3) is 2.77. The van der Waals surface area contributed by atoms with Gasteiger partial charge in [0.05, 0.1) is 5.69 Å². The zero-order valence-electron chi connectivity index (χ0n) is 13.2. The number of piperazine rings is 1. The third-order valence-corrected chi connectivity index (χ3v) is 4.29. The Morgan fingerprint density at radius 2 is 2.00 bits per heavy atom. The Hall–Kier alpha value is -2.48. The van der Waals surface area contributed by atoms with Crippen molar-refractivity contribution in [2.24, 2.45) is 0 Å². The highest BCUT2D eigenvalue weighted by molar-refractivity contribution is 5.46. The highest BCUT2D eigenvalue weighted by atomic mass is 15.4. The van der Waals surface area contributed by atoms with Gasteiger partial charge < -0.3 is 4.90 Å². The first-order valence-corrected chi connectivity index (χ1v) is 7.98. The van der Waals surface area contributed by atoms with Crippen LogP contribution in [0, 0.1) is 0 Å². The molecule has 8 heteroatoms. The van der Waals surface area contributed by atoms with E-state index in [1.165, 1.54) is 0 Å². The molecule has 0 unspecified atom stereocenters. The summed E-state index contributed by atoms with van der Waals surface area (Å²) in [7, 11) is 0. The monoisotopic (exact) mass is 312 g/mol. The number of aryl methyl sites for hydroxylation is 1. The molecule has 0 aromatic carbocycles. The van der Waals surface area contributed by atoms with Gasteiger partial charge in [0, 0.05) is 51.7 Å². The van der Waals surface area contributed by atoms with Crippen LogP contribution in [0.2, 0.25) is 0 Å². The largest absolute Gasteiger partial charge is 0.355 e. The molecule has 0 atom stereocenters. The summed E-state index contributed by atoms with van der Waals surface area (Å²) in [5.74, 6) is 1.75. The number of nitrogens with zero attached hydrogens (tertiary/aromatic N) is 8. The number of hydrogen-bond donors (Lipinski definition) is 0. The second-order valence-electron chi connectivity index (χ2n) is 5.73. The molecule has 1 aliphatic rings. The van der Waals surface area contributed by atoms with Gasteiger partial charge in [-0.05, 0) is 19.1 Å². The maximum atomic E-state index is 4.57. The molecule has 1 aliphatic heterocycles. The summed E-state index contributed by atoms with van der Waals surface area (Å²) in [5.41, 5.74) is 1.14. The smallest absolute Gasteiger partial charge is 0.256 e. The van der Waals surface area contributed by atoms with E-state index in [2.05, 4.69) is 43.1 Å². The van der Waals surface area contributed by atoms with E-state index < -0.39 is 0 Å². The van der Waals surface area contributed by atoms with Crippen LogP contribution in [0.1, 0.15) is 12.6 Å². The molecule has 1 saturated heterocycles. The molecular weight excluding hydrogens is 292 g/mol. The number of hydrogen-bond acceptors (Lipinski definition) is 6. The first-order chi connectivity index (χ1) is 11.3. The van der Waals surface area contributed by atoms with Crippen molar-refractivity contribution in [2.75, 3.05) is 31.1 Å². The van der Waals surface area contributed by atoms with Crippen LogP contribution in [-0.2, 0) is 13.1 Å². The van der Waals surface area contributed by atoms with E-state index in [0.29, 0.717) is 5.78 Å². The molecule has 0 spiro atoms. The van der Waals surface area contributed by atoms with Gasteiger partial charge in [-0.25, -0.2) is 4.98 Å². The van der Waals surface area contributed by atoms with Crippen LogP contribution in [0.15, 0.2) is 30.9 Å². The van der Waals surface area contributed by atoms with Crippen LogP contribution in [0.4, 0.5) is 5.82 Å². The Bertz CT molecular complexity index is 783. The minimum atomic E-state index is 0.648. The summed E-state index contributed by atoms with van der Waals surface area (Å²) in [6.45, 7) is 7.94. The van der Waals surface area contributed by atoms with E-state index in [4.69, 9.17) is 0 Å². The summed E-state index contributed by atoms with van der Waals surface area (Å²) in [6.07, 6.45) is 5.57. The van der Waals surface area contributed by atoms with Gasteiger partial charge in [-0.2, -0.15) is 5.10 Å². The Morgan fingerprint density at radius 3 is 2.78 bits per heavy atom. The van der Waals surface area contributed by atoms with E-state index in [1.54, 1.807) is 12.5 Å². The molecule has 0 radical (unpaired) electrons. The summed E-state index contributed by atoms with van der Waals surface area (Å²) >= 11 is 0. The molecule has 4 rings (SSSR count). The van der Waals surface area contributed by atoms with Crippen LogP contribution in [0.3, 0.4) is 0 Å². The Balaban J connectivity index is 1.41. The van der Waals surface area contributed by atoms with Gasteiger partial charge in [-0.3, -0.25) is 14.0 Å². The number of fused-ring (bicyclic) bond motifs is 1. The standard InChI is InChI=1S/C15H20N8/c1-2-22-6-4-13(19-22)11-20-7-9-21(10-8-20)14-3-5-16-15-18-17-12-23(14)15/h3-6,12H,2,7-11H2,1H3. The maximum Gasteiger partial charge on any atom is 0.256 e. The molecule has 3 aromatic rings. The van der Waals surface area contributed by atoms with E-state index in [-0.39, 0.29) is 0 Å². The lowest BCUT2D eigenvalue weighted by molar-refractivity contribution is 0.245. The fourth-order valence-corrected chi connectivity index (χ4v) is 3.02. The second kappa shape index (κ2) is 5.96. The highest BCUT2D eigenvalue weighted by Gasteiger charge is 2.20. The SMILES string of the molecule is CCn1ccc(CN2CCN(c3ccnc4nncn34)CC2)n1. The molecule has 23 heavy (non-hydrogen) atoms. The first kappa shape index (κ1) is 14.1. The number of rotatable bonds is 4. The molecule has 8 nitrogen and oxygen atoms in total. The van der Waals surface area contributed by atoms with Gasteiger partial charge in [0.25, 0.3) is 5.78 Å². The topological polar surface area (TPSA) is 67.4 Å². The molecule has 0 bridgehead atoms. The van der Waals surface area contributed by atoms with Crippen LogP contribution >= 0.6 is 0 Å². The van der Waals surface area contributed by atoms with Gasteiger partial charge in [0.2, 0.25) is 0 Å². The molecule has 4 heterocycles. The molecule has 1 fully saturated rings. The first-order valence-electron chi connectivity index (χ1n) is 7.98. The van der Waals surface area contributed by atoms with Gasteiger partial charge in [-0.1, -0.05) is 0 Å². The van der Waals surface area contributed by atoms with Crippen LogP contribution < -0.4 is 4.90 Å². The van der Waals surface area contributed by atoms with Crippen molar-refractivity contribution in [2.45, 2.75) is 20.0 Å². The Kier molecular flexibility index (Phi) is 3.66. The van der Waals surface area contributed by atoms with Gasteiger partial charge >= 0.3 is 0 Å². The zero-order chi connectivity index (χ0) is 15.6. The zero-order valence-corrected chi connectivity index (χ0v) is 13.2. The molecule has 3 aromatic heterocycles. The van der Waals surface area contributed by atoms with Crippen LogP contribution in [0.25, 0.3) is 5.78 Å². The van der Waals surface area contributed by atoms with Crippen molar-refractivity contribution in [3.05, 3.63) is 36.5 Å². The van der Waals surface area contributed by atoms with Crippen molar-refractivity contribution in [3.63, 3.8) is 0 Å². The number of anilines is 1. The fourth-order valence-electron chi connectivity index (χ4n) is 3.02. The van der Waals surface area contributed by atoms with Crippen LogP contribution in [0.5, 0.6) is 0 Å². The van der Waals surface area contributed by atoms with E-state index in [9.17, 15) is 0 Å². The van der Waals surface area contributed by atoms with E-state index in [0.717, 1.165) is 50.8 Å². The van der Waals surface area contributed by atoms with E-state index >= 15 is 0 Å². The molecule has 0 amide bonds. The predicted octanol–water partition coefficient (Wildman–Crippen LogP) is 0.663. The summed E-state index contributed by atoms with van der Waals surface area (Å²) in [4.78, 5) is 9.03. The normalized spacial score (nSPS) is 16.3. The quantitative estimate of drug-likeness (QED) is 0.705. The summed E-state index contributed by atoms with van der Waals surface area (Å²) in [6, 6.07) is 4.13. The van der Waals surface area contributed by atoms with Crippen molar-refractivity contribution >= 4 is 11.6 Å².